The summed E-state index contributed by atoms with van der Waals surface area (Å²) in [5.41, 5.74) is 2.22. The van der Waals surface area contributed by atoms with Crippen molar-refractivity contribution in [1.82, 2.24) is 9.97 Å². The summed E-state index contributed by atoms with van der Waals surface area (Å²) in [6.07, 6.45) is 5.28. The number of nitrogens with zero attached hydrogens (tertiary/aromatic N) is 2. The Labute approximate surface area is 112 Å². The lowest BCUT2D eigenvalue weighted by Crippen LogP contribution is -1.79. The van der Waals surface area contributed by atoms with Gasteiger partial charge >= 0.3 is 0 Å². The first-order valence-electron chi connectivity index (χ1n) is 6.04. The van der Waals surface area contributed by atoms with E-state index in [1.54, 1.807) is 6.07 Å². The molecule has 0 N–H and O–H groups in total. The van der Waals surface area contributed by atoms with Gasteiger partial charge < -0.3 is 0 Å². The molecule has 0 unspecified atom stereocenters. The van der Waals surface area contributed by atoms with Gasteiger partial charge in [0.05, 0.1) is 0 Å². The largest absolute Gasteiger partial charge is 0.264 e. The van der Waals surface area contributed by atoms with Gasteiger partial charge in [0.2, 0.25) is 5.95 Å². The van der Waals surface area contributed by atoms with Crippen molar-refractivity contribution in [3.8, 4) is 0 Å². The van der Waals surface area contributed by atoms with Gasteiger partial charge in [-0.05, 0) is 36.4 Å². The molecule has 0 spiro atoms. The van der Waals surface area contributed by atoms with Crippen molar-refractivity contribution in [2.24, 2.45) is 0 Å². The molecule has 0 bridgehead atoms. The molecule has 0 atom stereocenters. The minimum absolute atomic E-state index is 0.421. The van der Waals surface area contributed by atoms with Crippen molar-refractivity contribution in [2.45, 2.75) is 13.8 Å². The minimum Gasteiger partial charge on any atom is -0.264 e. The van der Waals surface area contributed by atoms with E-state index < -0.39 is 5.95 Å². The Bertz CT molecular complexity index is 637. The Balaban J connectivity index is 0.000000148. The molecule has 0 aliphatic carbocycles. The second-order valence-electron chi connectivity index (χ2n) is 4.34. The lowest BCUT2D eigenvalue weighted by Gasteiger charge is -1.98. The number of benzene rings is 1. The first kappa shape index (κ1) is 13.1. The highest BCUT2D eigenvalue weighted by Gasteiger charge is 1.93. The maximum absolute atomic E-state index is 12.0. The Morgan fingerprint density at radius 1 is 0.895 bits per heavy atom. The van der Waals surface area contributed by atoms with E-state index in [4.69, 9.17) is 0 Å². The number of aromatic nitrogens is 2. The van der Waals surface area contributed by atoms with Crippen LogP contribution in [0.25, 0.3) is 10.8 Å². The summed E-state index contributed by atoms with van der Waals surface area (Å²) in [5, 5.41) is 2.51. The predicted octanol–water partition coefficient (Wildman–Crippen LogP) is 4.07. The maximum Gasteiger partial charge on any atom is 0.212 e. The van der Waals surface area contributed by atoms with E-state index in [1.807, 2.05) is 25.4 Å². The molecule has 0 radical (unpaired) electrons. The number of hydrogen-bond donors (Lipinski definition) is 0. The van der Waals surface area contributed by atoms with Crippen molar-refractivity contribution in [2.75, 3.05) is 0 Å². The maximum atomic E-state index is 12.0. The Morgan fingerprint density at radius 3 is 2.32 bits per heavy atom. The number of pyridine rings is 2. The van der Waals surface area contributed by atoms with Crippen molar-refractivity contribution in [3.63, 3.8) is 0 Å². The molecule has 2 aromatic heterocycles. The van der Waals surface area contributed by atoms with Crippen LogP contribution in [-0.4, -0.2) is 9.97 Å². The lowest BCUT2D eigenvalue weighted by molar-refractivity contribution is 0.583. The van der Waals surface area contributed by atoms with Crippen LogP contribution in [-0.2, 0) is 0 Å². The van der Waals surface area contributed by atoms with E-state index in [2.05, 4.69) is 35.1 Å². The SMILES string of the molecule is Cc1ccc(F)nc1.Cc1cncc2ccccc12. The van der Waals surface area contributed by atoms with Crippen LogP contribution in [0.3, 0.4) is 0 Å². The summed E-state index contributed by atoms with van der Waals surface area (Å²) < 4.78 is 12.0. The van der Waals surface area contributed by atoms with Gasteiger partial charge in [-0.1, -0.05) is 30.3 Å². The van der Waals surface area contributed by atoms with Crippen LogP contribution in [0.1, 0.15) is 11.1 Å². The third kappa shape index (κ3) is 3.58. The van der Waals surface area contributed by atoms with Gasteiger partial charge in [0.25, 0.3) is 0 Å². The van der Waals surface area contributed by atoms with Crippen LogP contribution >= 0.6 is 0 Å². The normalized spacial score (nSPS) is 9.84. The van der Waals surface area contributed by atoms with Gasteiger partial charge in [0.1, 0.15) is 0 Å². The third-order valence-electron chi connectivity index (χ3n) is 2.74. The zero-order valence-electron chi connectivity index (χ0n) is 11.0. The summed E-state index contributed by atoms with van der Waals surface area (Å²) in [7, 11) is 0. The summed E-state index contributed by atoms with van der Waals surface area (Å²) in [6, 6.07) is 11.3. The van der Waals surface area contributed by atoms with Crippen LogP contribution < -0.4 is 0 Å². The summed E-state index contributed by atoms with van der Waals surface area (Å²) in [4.78, 5) is 7.52. The summed E-state index contributed by atoms with van der Waals surface area (Å²) in [5.74, 6) is -0.421. The molecule has 2 nitrogen and oxygen atoms in total. The monoisotopic (exact) mass is 254 g/mol. The van der Waals surface area contributed by atoms with E-state index in [1.165, 1.54) is 28.6 Å². The molecular formula is C16H15FN2. The smallest absolute Gasteiger partial charge is 0.212 e. The van der Waals surface area contributed by atoms with Crippen molar-refractivity contribution < 1.29 is 4.39 Å². The first-order chi connectivity index (χ1) is 9.16. The zero-order chi connectivity index (χ0) is 13.7. The Kier molecular flexibility index (Phi) is 4.18. The highest BCUT2D eigenvalue weighted by molar-refractivity contribution is 5.84. The molecular weight excluding hydrogens is 239 g/mol. The number of fused-ring (bicyclic) bond motifs is 1. The average Bonchev–Trinajstić information content (AvgIpc) is 2.44. The van der Waals surface area contributed by atoms with Gasteiger partial charge in [-0.15, -0.1) is 0 Å². The van der Waals surface area contributed by atoms with Crippen LogP contribution in [0, 0.1) is 19.8 Å². The van der Waals surface area contributed by atoms with Crippen LogP contribution in [0.2, 0.25) is 0 Å². The van der Waals surface area contributed by atoms with Crippen LogP contribution in [0.15, 0.2) is 55.0 Å². The van der Waals surface area contributed by atoms with E-state index >= 15 is 0 Å². The van der Waals surface area contributed by atoms with Crippen LogP contribution in [0.5, 0.6) is 0 Å². The molecule has 3 aromatic rings. The second kappa shape index (κ2) is 6.05. The molecule has 0 aliphatic heterocycles. The van der Waals surface area contributed by atoms with Gasteiger partial charge in [-0.2, -0.15) is 4.39 Å². The van der Waals surface area contributed by atoms with Crippen molar-refractivity contribution in [1.29, 1.82) is 0 Å². The lowest BCUT2D eigenvalue weighted by atomic mass is 10.1. The fourth-order valence-corrected chi connectivity index (χ4v) is 1.72. The first-order valence-corrected chi connectivity index (χ1v) is 6.04. The molecule has 0 fully saturated rings. The molecule has 3 rings (SSSR count). The standard InChI is InChI=1S/C10H9N.C6H6FN/c1-8-6-11-7-9-4-2-3-5-10(8)9;1-5-2-3-6(7)8-4-5/h2-7H,1H3;2-4H,1H3. The highest BCUT2D eigenvalue weighted by Crippen LogP contribution is 2.14. The highest BCUT2D eigenvalue weighted by atomic mass is 19.1. The zero-order valence-corrected chi connectivity index (χ0v) is 11.0. The molecule has 1 aromatic carbocycles. The van der Waals surface area contributed by atoms with Crippen molar-refractivity contribution >= 4 is 10.8 Å². The third-order valence-corrected chi connectivity index (χ3v) is 2.74. The fraction of sp³-hybridized carbons (Fsp3) is 0.125. The predicted molar refractivity (Wildman–Crippen MR) is 75.4 cm³/mol. The Hall–Kier alpha value is -2.29. The molecule has 3 heteroatoms. The molecule has 0 saturated carbocycles. The minimum atomic E-state index is -0.421. The van der Waals surface area contributed by atoms with E-state index in [-0.39, 0.29) is 0 Å². The van der Waals surface area contributed by atoms with Crippen LogP contribution in [0.4, 0.5) is 4.39 Å². The topological polar surface area (TPSA) is 25.8 Å². The molecule has 0 saturated heterocycles. The molecule has 19 heavy (non-hydrogen) atoms. The van der Waals surface area contributed by atoms with Gasteiger partial charge in [0, 0.05) is 24.0 Å². The van der Waals surface area contributed by atoms with E-state index in [0.717, 1.165) is 5.56 Å². The second-order valence-corrected chi connectivity index (χ2v) is 4.34. The quantitative estimate of drug-likeness (QED) is 0.565. The van der Waals surface area contributed by atoms with Gasteiger partial charge in [-0.3, -0.25) is 4.98 Å². The molecule has 0 aliphatic rings. The Morgan fingerprint density at radius 2 is 1.68 bits per heavy atom. The molecule has 0 amide bonds. The van der Waals surface area contributed by atoms with Crippen molar-refractivity contribution in [3.05, 3.63) is 72.1 Å². The number of aryl methyl sites for hydroxylation is 2. The number of hydrogen-bond acceptors (Lipinski definition) is 2. The number of rotatable bonds is 0. The fourth-order valence-electron chi connectivity index (χ4n) is 1.72. The summed E-state index contributed by atoms with van der Waals surface area (Å²) >= 11 is 0. The van der Waals surface area contributed by atoms with E-state index in [9.17, 15) is 4.39 Å². The molecule has 2 heterocycles. The van der Waals surface area contributed by atoms with Gasteiger partial charge in [-0.25, -0.2) is 4.98 Å². The summed E-state index contributed by atoms with van der Waals surface area (Å²) in [6.45, 7) is 3.95. The molecule has 96 valence electrons. The van der Waals surface area contributed by atoms with Gasteiger partial charge in [0.15, 0.2) is 0 Å². The van der Waals surface area contributed by atoms with E-state index in [0.29, 0.717) is 0 Å². The number of halogens is 1. The average molecular weight is 254 g/mol.